The zero-order valence-electron chi connectivity index (χ0n) is 9.83. The number of rotatable bonds is 3. The molecule has 1 aromatic carbocycles. The SMILES string of the molecule is Cc1ccc(CC(Br)c2cccc(Br)c2F)nc1. The Morgan fingerprint density at radius 1 is 1.28 bits per heavy atom. The smallest absolute Gasteiger partial charge is 0.141 e. The maximum atomic E-state index is 13.9. The lowest BCUT2D eigenvalue weighted by atomic mass is 10.1. The summed E-state index contributed by atoms with van der Waals surface area (Å²) in [6.45, 7) is 2.00. The van der Waals surface area contributed by atoms with E-state index in [0.29, 0.717) is 16.5 Å². The molecule has 1 unspecified atom stereocenters. The van der Waals surface area contributed by atoms with Crippen molar-refractivity contribution in [1.29, 1.82) is 0 Å². The number of benzene rings is 1. The molecule has 2 rings (SSSR count). The first-order valence-corrected chi connectivity index (χ1v) is 7.28. The van der Waals surface area contributed by atoms with Gasteiger partial charge in [-0.15, -0.1) is 0 Å². The summed E-state index contributed by atoms with van der Waals surface area (Å²) >= 11 is 6.72. The van der Waals surface area contributed by atoms with Crippen LogP contribution in [0.2, 0.25) is 0 Å². The summed E-state index contributed by atoms with van der Waals surface area (Å²) in [4.78, 5) is 4.25. The van der Waals surface area contributed by atoms with Crippen LogP contribution in [-0.2, 0) is 6.42 Å². The van der Waals surface area contributed by atoms with Crippen LogP contribution in [0, 0.1) is 12.7 Å². The van der Waals surface area contributed by atoms with E-state index < -0.39 is 0 Å². The summed E-state index contributed by atoms with van der Waals surface area (Å²) < 4.78 is 14.4. The van der Waals surface area contributed by atoms with Crippen LogP contribution in [-0.4, -0.2) is 4.98 Å². The van der Waals surface area contributed by atoms with Gasteiger partial charge < -0.3 is 0 Å². The van der Waals surface area contributed by atoms with Crippen molar-refractivity contribution in [2.24, 2.45) is 0 Å². The Hall–Kier alpha value is -0.740. The maximum Gasteiger partial charge on any atom is 0.141 e. The fraction of sp³-hybridized carbons (Fsp3) is 0.214. The van der Waals surface area contributed by atoms with Gasteiger partial charge in [0.15, 0.2) is 0 Å². The van der Waals surface area contributed by atoms with Gasteiger partial charge in [0.05, 0.1) is 4.47 Å². The van der Waals surface area contributed by atoms with Gasteiger partial charge in [0.25, 0.3) is 0 Å². The number of hydrogen-bond acceptors (Lipinski definition) is 1. The minimum absolute atomic E-state index is 0.0785. The van der Waals surface area contributed by atoms with E-state index in [1.807, 2.05) is 31.3 Å². The average Bonchev–Trinajstić information content (AvgIpc) is 2.35. The van der Waals surface area contributed by atoms with Gasteiger partial charge in [-0.3, -0.25) is 4.98 Å². The number of hydrogen-bond donors (Lipinski definition) is 0. The van der Waals surface area contributed by atoms with Crippen LogP contribution in [0.5, 0.6) is 0 Å². The highest BCUT2D eigenvalue weighted by molar-refractivity contribution is 9.10. The van der Waals surface area contributed by atoms with Crippen molar-refractivity contribution in [2.45, 2.75) is 18.2 Å². The van der Waals surface area contributed by atoms with Crippen molar-refractivity contribution in [2.75, 3.05) is 0 Å². The predicted molar refractivity (Wildman–Crippen MR) is 78.4 cm³/mol. The molecule has 94 valence electrons. The van der Waals surface area contributed by atoms with E-state index in [1.165, 1.54) is 0 Å². The third-order valence-electron chi connectivity index (χ3n) is 2.68. The number of nitrogens with zero attached hydrogens (tertiary/aromatic N) is 1. The van der Waals surface area contributed by atoms with Gasteiger partial charge >= 0.3 is 0 Å². The molecule has 1 heterocycles. The second kappa shape index (κ2) is 5.93. The molecule has 0 bridgehead atoms. The van der Waals surface area contributed by atoms with Crippen molar-refractivity contribution >= 4 is 31.9 Å². The number of alkyl halides is 1. The van der Waals surface area contributed by atoms with Crippen LogP contribution in [0.3, 0.4) is 0 Å². The maximum absolute atomic E-state index is 13.9. The van der Waals surface area contributed by atoms with Gasteiger partial charge in [0, 0.05) is 28.7 Å². The molecule has 0 N–H and O–H groups in total. The molecule has 0 saturated carbocycles. The van der Waals surface area contributed by atoms with E-state index in [9.17, 15) is 4.39 Å². The molecule has 18 heavy (non-hydrogen) atoms. The van der Waals surface area contributed by atoms with Crippen LogP contribution in [0.15, 0.2) is 41.0 Å². The molecule has 0 radical (unpaired) electrons. The first kappa shape index (κ1) is 13.7. The molecular weight excluding hydrogens is 361 g/mol. The molecule has 0 aliphatic heterocycles. The highest BCUT2D eigenvalue weighted by Gasteiger charge is 2.15. The average molecular weight is 373 g/mol. The third-order valence-corrected chi connectivity index (χ3v) is 4.11. The molecule has 0 saturated heterocycles. The largest absolute Gasteiger partial charge is 0.261 e. The van der Waals surface area contributed by atoms with Gasteiger partial charge in [0.1, 0.15) is 5.82 Å². The first-order valence-electron chi connectivity index (χ1n) is 5.57. The monoisotopic (exact) mass is 371 g/mol. The Morgan fingerprint density at radius 3 is 2.72 bits per heavy atom. The molecule has 2 aromatic rings. The lowest BCUT2D eigenvalue weighted by Gasteiger charge is -2.11. The van der Waals surface area contributed by atoms with Gasteiger partial charge in [-0.05, 0) is 40.5 Å². The van der Waals surface area contributed by atoms with Crippen molar-refractivity contribution in [3.63, 3.8) is 0 Å². The zero-order chi connectivity index (χ0) is 13.1. The molecule has 0 aliphatic carbocycles. The van der Waals surface area contributed by atoms with Crippen LogP contribution in [0.25, 0.3) is 0 Å². The van der Waals surface area contributed by atoms with Gasteiger partial charge in [0.2, 0.25) is 0 Å². The first-order chi connectivity index (χ1) is 8.58. The zero-order valence-corrected chi connectivity index (χ0v) is 13.0. The summed E-state index contributed by atoms with van der Waals surface area (Å²) in [5, 5.41) is 0. The fourth-order valence-corrected chi connectivity index (χ4v) is 2.74. The Balaban J connectivity index is 2.19. The van der Waals surface area contributed by atoms with Crippen LogP contribution >= 0.6 is 31.9 Å². The number of halogens is 3. The van der Waals surface area contributed by atoms with E-state index in [-0.39, 0.29) is 10.6 Å². The summed E-state index contributed by atoms with van der Waals surface area (Å²) in [7, 11) is 0. The molecule has 1 aromatic heterocycles. The van der Waals surface area contributed by atoms with Crippen LogP contribution < -0.4 is 0 Å². The Kier molecular flexibility index (Phi) is 4.51. The second-order valence-corrected chi connectivity index (χ2v) is 6.10. The van der Waals surface area contributed by atoms with Gasteiger partial charge in [-0.25, -0.2) is 4.39 Å². The Morgan fingerprint density at radius 2 is 2.06 bits per heavy atom. The topological polar surface area (TPSA) is 12.9 Å². The predicted octanol–water partition coefficient (Wildman–Crippen LogP) is 4.97. The number of aryl methyl sites for hydroxylation is 1. The molecular formula is C14H12Br2FN. The number of pyridine rings is 1. The molecule has 1 atom stereocenters. The van der Waals surface area contributed by atoms with Crippen molar-refractivity contribution in [1.82, 2.24) is 4.98 Å². The van der Waals surface area contributed by atoms with Gasteiger partial charge in [-0.2, -0.15) is 0 Å². The van der Waals surface area contributed by atoms with Crippen molar-refractivity contribution in [3.05, 3.63) is 63.6 Å². The normalized spacial score (nSPS) is 12.4. The van der Waals surface area contributed by atoms with Gasteiger partial charge in [-0.1, -0.05) is 34.1 Å². The molecule has 4 heteroatoms. The highest BCUT2D eigenvalue weighted by Crippen LogP contribution is 2.31. The molecule has 1 nitrogen and oxygen atoms in total. The summed E-state index contributed by atoms with van der Waals surface area (Å²) in [6, 6.07) is 9.30. The molecule has 0 fully saturated rings. The standard InChI is InChI=1S/C14H12Br2FN/c1-9-5-6-10(18-8-9)7-13(16)11-3-2-4-12(15)14(11)17/h2-6,8,13H,7H2,1H3. The lowest BCUT2D eigenvalue weighted by Crippen LogP contribution is -2.01. The fourth-order valence-electron chi connectivity index (χ4n) is 1.68. The van der Waals surface area contributed by atoms with Crippen molar-refractivity contribution in [3.8, 4) is 0 Å². The van der Waals surface area contributed by atoms with E-state index in [0.717, 1.165) is 11.3 Å². The Bertz CT molecular complexity index is 540. The second-order valence-electron chi connectivity index (χ2n) is 4.14. The highest BCUT2D eigenvalue weighted by atomic mass is 79.9. The minimum Gasteiger partial charge on any atom is -0.261 e. The van der Waals surface area contributed by atoms with Crippen LogP contribution in [0.1, 0.15) is 21.6 Å². The third kappa shape index (κ3) is 3.18. The molecule has 0 spiro atoms. The Labute approximate surface area is 123 Å². The summed E-state index contributed by atoms with van der Waals surface area (Å²) in [5.41, 5.74) is 2.71. The van der Waals surface area contributed by atoms with E-state index in [4.69, 9.17) is 0 Å². The van der Waals surface area contributed by atoms with E-state index in [2.05, 4.69) is 36.8 Å². The number of aromatic nitrogens is 1. The van der Waals surface area contributed by atoms with Crippen LogP contribution in [0.4, 0.5) is 4.39 Å². The minimum atomic E-state index is -0.216. The van der Waals surface area contributed by atoms with E-state index >= 15 is 0 Å². The van der Waals surface area contributed by atoms with E-state index in [1.54, 1.807) is 12.1 Å². The van der Waals surface area contributed by atoms with Crippen molar-refractivity contribution < 1.29 is 4.39 Å². The quantitative estimate of drug-likeness (QED) is 0.693. The summed E-state index contributed by atoms with van der Waals surface area (Å²) in [6.07, 6.45) is 2.49. The molecule has 0 amide bonds. The lowest BCUT2D eigenvalue weighted by molar-refractivity contribution is 0.601. The summed E-state index contributed by atoms with van der Waals surface area (Å²) in [5.74, 6) is -0.216. The molecule has 0 aliphatic rings.